The Balaban J connectivity index is 1.86. The second-order valence-electron chi connectivity index (χ2n) is 5.81. The highest BCUT2D eigenvalue weighted by atomic mass is 16.5. The van der Waals surface area contributed by atoms with Crippen molar-refractivity contribution in [2.75, 3.05) is 20.0 Å². The minimum Gasteiger partial charge on any atom is -0.497 e. The number of nitrogens with zero attached hydrogens (tertiary/aromatic N) is 2. The number of aromatic nitrogens is 2. The van der Waals surface area contributed by atoms with Gasteiger partial charge in [-0.15, -0.1) is 0 Å². The fourth-order valence-electron chi connectivity index (χ4n) is 2.82. The number of fused-ring (bicyclic) bond motifs is 1. The largest absolute Gasteiger partial charge is 0.497 e. The summed E-state index contributed by atoms with van der Waals surface area (Å²) in [4.78, 5) is 15.7. The summed E-state index contributed by atoms with van der Waals surface area (Å²) in [6, 6.07) is 13.8. The van der Waals surface area contributed by atoms with Gasteiger partial charge in [-0.2, -0.15) is 0 Å². The first-order chi connectivity index (χ1) is 12.1. The Morgan fingerprint density at radius 3 is 2.76 bits per heavy atom. The molecule has 0 fully saturated rings. The summed E-state index contributed by atoms with van der Waals surface area (Å²) in [6.07, 6.45) is 0.966. The van der Waals surface area contributed by atoms with E-state index in [4.69, 9.17) is 10.5 Å². The van der Waals surface area contributed by atoms with Gasteiger partial charge in [-0.3, -0.25) is 4.79 Å². The van der Waals surface area contributed by atoms with E-state index < -0.39 is 0 Å². The first-order valence-corrected chi connectivity index (χ1v) is 8.05. The highest BCUT2D eigenvalue weighted by Gasteiger charge is 2.10. The number of benzene rings is 2. The van der Waals surface area contributed by atoms with Crippen molar-refractivity contribution in [2.24, 2.45) is 0 Å². The number of esters is 1. The first kappa shape index (κ1) is 16.8. The molecule has 0 aliphatic rings. The van der Waals surface area contributed by atoms with E-state index in [-0.39, 0.29) is 5.97 Å². The quantitative estimate of drug-likeness (QED) is 0.699. The third kappa shape index (κ3) is 3.74. The third-order valence-corrected chi connectivity index (χ3v) is 4.16. The van der Waals surface area contributed by atoms with Crippen LogP contribution < -0.4 is 10.5 Å². The molecule has 25 heavy (non-hydrogen) atoms. The monoisotopic (exact) mass is 339 g/mol. The standard InChI is InChI=1S/C19H21N3O3/c1-24-15-5-3-4-14(10-15)12-22-17-8-6-13(7-9-18(23)25-2)11-16(17)21-19(22)20/h3-6,8,10-11H,7,9,12H2,1-2H3,(H2,20,21). The van der Waals surface area contributed by atoms with E-state index in [9.17, 15) is 4.79 Å². The van der Waals surface area contributed by atoms with Crippen LogP contribution in [-0.4, -0.2) is 29.7 Å². The fraction of sp³-hybridized carbons (Fsp3) is 0.263. The molecular weight excluding hydrogens is 318 g/mol. The lowest BCUT2D eigenvalue weighted by Gasteiger charge is -2.08. The van der Waals surface area contributed by atoms with Crippen LogP contribution in [-0.2, 0) is 22.5 Å². The molecule has 0 spiro atoms. The van der Waals surface area contributed by atoms with Crippen molar-refractivity contribution in [3.8, 4) is 5.75 Å². The van der Waals surface area contributed by atoms with E-state index in [1.165, 1.54) is 7.11 Å². The second-order valence-corrected chi connectivity index (χ2v) is 5.81. The summed E-state index contributed by atoms with van der Waals surface area (Å²) in [5.74, 6) is 1.05. The number of ether oxygens (including phenoxy) is 2. The maximum absolute atomic E-state index is 11.3. The summed E-state index contributed by atoms with van der Waals surface area (Å²) in [5, 5.41) is 0. The molecule has 0 bridgehead atoms. The first-order valence-electron chi connectivity index (χ1n) is 8.05. The Morgan fingerprint density at radius 2 is 2.00 bits per heavy atom. The van der Waals surface area contributed by atoms with Crippen molar-refractivity contribution in [1.29, 1.82) is 0 Å². The molecule has 1 heterocycles. The van der Waals surface area contributed by atoms with Gasteiger partial charge in [-0.1, -0.05) is 18.2 Å². The van der Waals surface area contributed by atoms with Crippen molar-refractivity contribution in [3.63, 3.8) is 0 Å². The lowest BCUT2D eigenvalue weighted by atomic mass is 10.1. The van der Waals surface area contributed by atoms with E-state index >= 15 is 0 Å². The molecule has 130 valence electrons. The molecule has 0 radical (unpaired) electrons. The second kappa shape index (κ2) is 7.25. The number of aryl methyl sites for hydroxylation is 1. The lowest BCUT2D eigenvalue weighted by molar-refractivity contribution is -0.140. The zero-order valence-corrected chi connectivity index (χ0v) is 14.4. The summed E-state index contributed by atoms with van der Waals surface area (Å²) in [5.41, 5.74) is 10.0. The molecule has 0 unspecified atom stereocenters. The number of nitrogens with two attached hydrogens (primary N) is 1. The Kier molecular flexibility index (Phi) is 4.88. The molecule has 0 saturated heterocycles. The third-order valence-electron chi connectivity index (χ3n) is 4.16. The zero-order chi connectivity index (χ0) is 17.8. The van der Waals surface area contributed by atoms with Crippen LogP contribution in [0.3, 0.4) is 0 Å². The van der Waals surface area contributed by atoms with Gasteiger partial charge in [-0.25, -0.2) is 4.98 Å². The van der Waals surface area contributed by atoms with Gasteiger partial charge in [0.05, 0.1) is 31.8 Å². The van der Waals surface area contributed by atoms with E-state index in [0.29, 0.717) is 25.3 Å². The average Bonchev–Trinajstić information content (AvgIpc) is 2.94. The topological polar surface area (TPSA) is 79.4 Å². The molecule has 6 heteroatoms. The number of nitrogen functional groups attached to an aromatic ring is 1. The smallest absolute Gasteiger partial charge is 0.305 e. The molecule has 0 saturated carbocycles. The highest BCUT2D eigenvalue weighted by Crippen LogP contribution is 2.22. The van der Waals surface area contributed by atoms with Gasteiger partial charge in [0.25, 0.3) is 0 Å². The Hall–Kier alpha value is -3.02. The van der Waals surface area contributed by atoms with Crippen LogP contribution in [0.15, 0.2) is 42.5 Å². The van der Waals surface area contributed by atoms with Crippen LogP contribution in [0.2, 0.25) is 0 Å². The number of hydrogen-bond donors (Lipinski definition) is 1. The summed E-state index contributed by atoms with van der Waals surface area (Å²) < 4.78 is 11.9. The number of imidazole rings is 1. The molecule has 2 aromatic carbocycles. The minimum atomic E-state index is -0.219. The number of anilines is 1. The van der Waals surface area contributed by atoms with Crippen molar-refractivity contribution < 1.29 is 14.3 Å². The van der Waals surface area contributed by atoms with Crippen molar-refractivity contribution in [3.05, 3.63) is 53.6 Å². The molecule has 3 aromatic rings. The average molecular weight is 339 g/mol. The molecule has 0 atom stereocenters. The van der Waals surface area contributed by atoms with Crippen LogP contribution in [0.25, 0.3) is 11.0 Å². The summed E-state index contributed by atoms with van der Waals surface area (Å²) in [6.45, 7) is 0.612. The van der Waals surface area contributed by atoms with Crippen LogP contribution in [0.1, 0.15) is 17.5 Å². The van der Waals surface area contributed by atoms with Gasteiger partial charge in [0.15, 0.2) is 0 Å². The van der Waals surface area contributed by atoms with E-state index in [1.54, 1.807) is 7.11 Å². The number of hydrogen-bond acceptors (Lipinski definition) is 5. The maximum atomic E-state index is 11.3. The maximum Gasteiger partial charge on any atom is 0.305 e. The van der Waals surface area contributed by atoms with Gasteiger partial charge in [-0.05, 0) is 41.8 Å². The van der Waals surface area contributed by atoms with Gasteiger partial charge in [0, 0.05) is 6.42 Å². The number of carbonyl (C=O) groups is 1. The van der Waals surface area contributed by atoms with E-state index in [2.05, 4.69) is 9.72 Å². The van der Waals surface area contributed by atoms with Gasteiger partial charge in [0.1, 0.15) is 5.75 Å². The number of carbonyl (C=O) groups excluding carboxylic acids is 1. The molecule has 6 nitrogen and oxygen atoms in total. The van der Waals surface area contributed by atoms with Crippen LogP contribution >= 0.6 is 0 Å². The molecule has 0 aliphatic carbocycles. The van der Waals surface area contributed by atoms with Crippen LogP contribution in [0.4, 0.5) is 5.95 Å². The Labute approximate surface area is 146 Å². The van der Waals surface area contributed by atoms with E-state index in [1.807, 2.05) is 47.0 Å². The molecule has 0 aliphatic heterocycles. The SMILES string of the molecule is COC(=O)CCc1ccc2c(c1)nc(N)n2Cc1cccc(OC)c1. The van der Waals surface area contributed by atoms with Crippen molar-refractivity contribution in [1.82, 2.24) is 9.55 Å². The predicted octanol–water partition coefficient (Wildman–Crippen LogP) is 2.78. The lowest BCUT2D eigenvalue weighted by Crippen LogP contribution is -2.04. The Morgan fingerprint density at radius 1 is 1.16 bits per heavy atom. The molecule has 0 amide bonds. The predicted molar refractivity (Wildman–Crippen MR) is 96.6 cm³/mol. The molecule has 1 aromatic heterocycles. The van der Waals surface area contributed by atoms with Crippen LogP contribution in [0, 0.1) is 0 Å². The normalized spacial score (nSPS) is 10.8. The summed E-state index contributed by atoms with van der Waals surface area (Å²) in [7, 11) is 3.04. The van der Waals surface area contributed by atoms with E-state index in [0.717, 1.165) is 27.9 Å². The molecular formula is C19H21N3O3. The minimum absolute atomic E-state index is 0.219. The summed E-state index contributed by atoms with van der Waals surface area (Å²) >= 11 is 0. The number of rotatable bonds is 6. The van der Waals surface area contributed by atoms with Gasteiger partial charge < -0.3 is 19.8 Å². The molecule has 3 rings (SSSR count). The van der Waals surface area contributed by atoms with Crippen molar-refractivity contribution >= 4 is 23.0 Å². The van der Waals surface area contributed by atoms with Crippen molar-refractivity contribution in [2.45, 2.75) is 19.4 Å². The van der Waals surface area contributed by atoms with Gasteiger partial charge in [0.2, 0.25) is 5.95 Å². The van der Waals surface area contributed by atoms with Crippen LogP contribution in [0.5, 0.6) is 5.75 Å². The van der Waals surface area contributed by atoms with Gasteiger partial charge >= 0.3 is 5.97 Å². The highest BCUT2D eigenvalue weighted by molar-refractivity contribution is 5.79. The Bertz CT molecular complexity index is 902. The fourth-order valence-corrected chi connectivity index (χ4v) is 2.82. The zero-order valence-electron chi connectivity index (χ0n) is 14.4. The molecule has 2 N–H and O–H groups in total. The number of methoxy groups -OCH3 is 2.